The molecule has 0 bridgehead atoms. The van der Waals surface area contributed by atoms with Gasteiger partial charge in [0.1, 0.15) is 5.82 Å². The van der Waals surface area contributed by atoms with E-state index in [4.69, 9.17) is 5.26 Å². The van der Waals surface area contributed by atoms with Crippen molar-refractivity contribution in [3.8, 4) is 6.07 Å². The van der Waals surface area contributed by atoms with E-state index in [0.29, 0.717) is 0 Å². The van der Waals surface area contributed by atoms with Crippen LogP contribution in [-0.4, -0.2) is 34.1 Å². The highest BCUT2D eigenvalue weighted by molar-refractivity contribution is 5.75. The maximum absolute atomic E-state index is 8.91. The monoisotopic (exact) mass is 270 g/mol. The molecule has 4 heteroatoms. The number of hydrogen-bond donors (Lipinski definition) is 0. The molecule has 0 saturated carbocycles. The van der Waals surface area contributed by atoms with Gasteiger partial charge < -0.3 is 9.47 Å². The Kier molecular flexibility index (Phi) is 4.75. The van der Waals surface area contributed by atoms with Crippen LogP contribution >= 0.6 is 0 Å². The first-order valence-electron chi connectivity index (χ1n) is 7.18. The maximum atomic E-state index is 8.91. The second-order valence-electron chi connectivity index (χ2n) is 5.25. The van der Waals surface area contributed by atoms with E-state index in [9.17, 15) is 0 Å². The summed E-state index contributed by atoms with van der Waals surface area (Å²) in [5, 5.41) is 8.91. The van der Waals surface area contributed by atoms with Gasteiger partial charge in [0.05, 0.1) is 23.0 Å². The van der Waals surface area contributed by atoms with E-state index < -0.39 is 0 Å². The van der Waals surface area contributed by atoms with Crippen LogP contribution in [0.1, 0.15) is 19.7 Å². The lowest BCUT2D eigenvalue weighted by molar-refractivity contribution is 0.269. The van der Waals surface area contributed by atoms with Gasteiger partial charge in [-0.05, 0) is 25.6 Å². The third-order valence-corrected chi connectivity index (χ3v) is 3.73. The summed E-state index contributed by atoms with van der Waals surface area (Å²) >= 11 is 0. The van der Waals surface area contributed by atoms with Crippen LogP contribution in [0.4, 0.5) is 0 Å². The molecule has 0 N–H and O–H groups in total. The summed E-state index contributed by atoms with van der Waals surface area (Å²) in [6.07, 6.45) is 0.914. The van der Waals surface area contributed by atoms with Gasteiger partial charge in [-0.1, -0.05) is 19.1 Å². The molecule has 1 heterocycles. The van der Waals surface area contributed by atoms with Gasteiger partial charge in [-0.15, -0.1) is 0 Å². The second kappa shape index (κ2) is 6.53. The summed E-state index contributed by atoms with van der Waals surface area (Å²) in [5.74, 6) is 1.18. The minimum Gasteiger partial charge on any atom is -0.331 e. The lowest BCUT2D eigenvalue weighted by Crippen LogP contribution is -2.30. The summed E-state index contributed by atoms with van der Waals surface area (Å²) in [4.78, 5) is 7.00. The van der Waals surface area contributed by atoms with Crippen molar-refractivity contribution in [3.63, 3.8) is 0 Å². The quantitative estimate of drug-likeness (QED) is 0.810. The molecule has 20 heavy (non-hydrogen) atoms. The third-order valence-electron chi connectivity index (χ3n) is 3.73. The summed E-state index contributed by atoms with van der Waals surface area (Å²) in [5.41, 5.74) is 2.23. The summed E-state index contributed by atoms with van der Waals surface area (Å²) in [7, 11) is 2.07. The number of fused-ring (bicyclic) bond motifs is 1. The fraction of sp³-hybridized carbons (Fsp3) is 0.500. The highest BCUT2D eigenvalue weighted by atomic mass is 15.1. The van der Waals surface area contributed by atoms with Crippen molar-refractivity contribution in [3.05, 3.63) is 30.1 Å². The van der Waals surface area contributed by atoms with Gasteiger partial charge in [0.25, 0.3) is 0 Å². The molecule has 0 saturated heterocycles. The highest BCUT2D eigenvalue weighted by Crippen LogP contribution is 2.14. The van der Waals surface area contributed by atoms with Gasteiger partial charge in [0.2, 0.25) is 0 Å². The Morgan fingerprint density at radius 3 is 2.80 bits per heavy atom. The molecule has 2 rings (SSSR count). The van der Waals surface area contributed by atoms with Crippen LogP contribution in [0.5, 0.6) is 0 Å². The topological polar surface area (TPSA) is 44.9 Å². The van der Waals surface area contributed by atoms with Crippen LogP contribution in [-0.2, 0) is 13.5 Å². The standard InChI is InChI=1S/C16H22N4/c1-4-20(12-13(2)11-17)10-9-16-18-14-7-5-6-8-15(14)19(16)3/h5-8,13H,4,9-10,12H2,1-3H3/t13-/m0/s1. The summed E-state index contributed by atoms with van der Waals surface area (Å²) < 4.78 is 2.16. The Hall–Kier alpha value is -1.86. The normalized spacial score (nSPS) is 12.8. The number of rotatable bonds is 6. The first-order chi connectivity index (χ1) is 9.65. The molecule has 0 aliphatic rings. The predicted molar refractivity (Wildman–Crippen MR) is 81.3 cm³/mol. The molecule has 0 aliphatic carbocycles. The molecule has 0 aliphatic heterocycles. The number of aryl methyl sites for hydroxylation is 1. The van der Waals surface area contributed by atoms with Gasteiger partial charge in [-0.25, -0.2) is 4.98 Å². The maximum Gasteiger partial charge on any atom is 0.110 e. The van der Waals surface area contributed by atoms with Gasteiger partial charge in [-0.2, -0.15) is 5.26 Å². The predicted octanol–water partition coefficient (Wildman–Crippen LogP) is 2.60. The molecule has 0 fully saturated rings. The number of imidazole rings is 1. The zero-order valence-electron chi connectivity index (χ0n) is 12.5. The lowest BCUT2D eigenvalue weighted by atomic mass is 10.2. The minimum atomic E-state index is 0.0791. The molecule has 0 radical (unpaired) electrons. The van der Waals surface area contributed by atoms with Crippen molar-refractivity contribution in [2.45, 2.75) is 20.3 Å². The Balaban J connectivity index is 2.05. The summed E-state index contributed by atoms with van der Waals surface area (Å²) in [6.45, 7) is 6.85. The van der Waals surface area contributed by atoms with Crippen LogP contribution in [0.2, 0.25) is 0 Å². The van der Waals surface area contributed by atoms with Crippen molar-refractivity contribution < 1.29 is 0 Å². The Morgan fingerprint density at radius 1 is 1.40 bits per heavy atom. The highest BCUT2D eigenvalue weighted by Gasteiger charge is 2.11. The van der Waals surface area contributed by atoms with E-state index in [1.165, 1.54) is 5.52 Å². The Labute approximate surface area is 120 Å². The van der Waals surface area contributed by atoms with Gasteiger partial charge in [0.15, 0.2) is 0 Å². The van der Waals surface area contributed by atoms with E-state index >= 15 is 0 Å². The molecule has 0 spiro atoms. The molecule has 106 valence electrons. The average Bonchev–Trinajstić information content (AvgIpc) is 2.80. The van der Waals surface area contributed by atoms with Crippen LogP contribution in [0.15, 0.2) is 24.3 Å². The van der Waals surface area contributed by atoms with Crippen molar-refractivity contribution in [2.24, 2.45) is 13.0 Å². The van der Waals surface area contributed by atoms with Gasteiger partial charge in [0, 0.05) is 26.6 Å². The molecule has 4 nitrogen and oxygen atoms in total. The molecule has 2 aromatic rings. The number of aromatic nitrogens is 2. The van der Waals surface area contributed by atoms with Crippen molar-refractivity contribution in [2.75, 3.05) is 19.6 Å². The fourth-order valence-corrected chi connectivity index (χ4v) is 2.48. The molecule has 1 atom stereocenters. The van der Waals surface area contributed by atoms with Crippen LogP contribution in [0.3, 0.4) is 0 Å². The number of likely N-dealkylation sites (N-methyl/N-ethyl adjacent to an activating group) is 1. The van der Waals surface area contributed by atoms with E-state index in [0.717, 1.165) is 37.4 Å². The summed E-state index contributed by atoms with van der Waals surface area (Å²) in [6, 6.07) is 10.5. The van der Waals surface area contributed by atoms with Crippen molar-refractivity contribution in [1.82, 2.24) is 14.5 Å². The lowest BCUT2D eigenvalue weighted by Gasteiger charge is -2.21. The SMILES string of the molecule is CCN(CCc1nc2ccccc2n1C)C[C@@H](C)C#N. The van der Waals surface area contributed by atoms with E-state index in [-0.39, 0.29) is 5.92 Å². The number of hydrogen-bond acceptors (Lipinski definition) is 3. The fourth-order valence-electron chi connectivity index (χ4n) is 2.48. The first-order valence-corrected chi connectivity index (χ1v) is 7.18. The molecular formula is C16H22N4. The van der Waals surface area contributed by atoms with Gasteiger partial charge >= 0.3 is 0 Å². The average molecular weight is 270 g/mol. The molecule has 0 amide bonds. The van der Waals surface area contributed by atoms with E-state index in [2.05, 4.69) is 40.6 Å². The van der Waals surface area contributed by atoms with Crippen molar-refractivity contribution in [1.29, 1.82) is 5.26 Å². The smallest absolute Gasteiger partial charge is 0.110 e. The molecule has 1 aromatic heterocycles. The van der Waals surface area contributed by atoms with Crippen LogP contribution < -0.4 is 0 Å². The largest absolute Gasteiger partial charge is 0.331 e. The number of para-hydroxylation sites is 2. The minimum absolute atomic E-state index is 0.0791. The molecular weight excluding hydrogens is 248 g/mol. The molecule has 1 aromatic carbocycles. The Morgan fingerprint density at radius 2 is 2.15 bits per heavy atom. The number of benzene rings is 1. The van der Waals surface area contributed by atoms with E-state index in [1.54, 1.807) is 0 Å². The van der Waals surface area contributed by atoms with Gasteiger partial charge in [-0.3, -0.25) is 0 Å². The molecule has 0 unspecified atom stereocenters. The first kappa shape index (κ1) is 14.5. The van der Waals surface area contributed by atoms with Crippen LogP contribution in [0, 0.1) is 17.2 Å². The van der Waals surface area contributed by atoms with Crippen LogP contribution in [0.25, 0.3) is 11.0 Å². The number of nitrogens with zero attached hydrogens (tertiary/aromatic N) is 4. The zero-order valence-corrected chi connectivity index (χ0v) is 12.5. The van der Waals surface area contributed by atoms with E-state index in [1.807, 2.05) is 25.1 Å². The number of nitriles is 1. The van der Waals surface area contributed by atoms with Crippen molar-refractivity contribution >= 4 is 11.0 Å². The Bertz CT molecular complexity index is 608. The zero-order chi connectivity index (χ0) is 14.5. The second-order valence-corrected chi connectivity index (χ2v) is 5.25. The third kappa shape index (κ3) is 3.17.